The zero-order valence-corrected chi connectivity index (χ0v) is 7.35. The molecule has 10 heavy (non-hydrogen) atoms. The van der Waals surface area contributed by atoms with Crippen LogP contribution < -0.4 is 0 Å². The minimum Gasteiger partial charge on any atom is -0.338 e. The number of halogens is 1. The molecule has 1 saturated heterocycles. The van der Waals surface area contributed by atoms with Crippen molar-refractivity contribution in [2.75, 3.05) is 13.1 Å². The van der Waals surface area contributed by atoms with Crippen LogP contribution in [0, 0.1) is 0 Å². The van der Waals surface area contributed by atoms with E-state index in [0.717, 1.165) is 25.9 Å². The quantitative estimate of drug-likeness (QED) is 0.593. The maximum Gasteiger partial charge on any atom is 0.260 e. The molecule has 1 heterocycles. The van der Waals surface area contributed by atoms with Crippen molar-refractivity contribution in [3.8, 4) is 0 Å². The lowest BCUT2D eigenvalue weighted by molar-refractivity contribution is -0.125. The molecule has 3 heteroatoms. The van der Waals surface area contributed by atoms with E-state index in [1.165, 1.54) is 0 Å². The number of nitrogens with zero attached hydrogens (tertiary/aromatic N) is 1. The van der Waals surface area contributed by atoms with Crippen molar-refractivity contribution < 1.29 is 4.79 Å². The van der Waals surface area contributed by atoms with Crippen molar-refractivity contribution in [2.45, 2.75) is 12.8 Å². The van der Waals surface area contributed by atoms with Gasteiger partial charge in [0.15, 0.2) is 0 Å². The Morgan fingerprint density at radius 3 is 2.30 bits per heavy atom. The van der Waals surface area contributed by atoms with Gasteiger partial charge >= 0.3 is 0 Å². The van der Waals surface area contributed by atoms with Crippen molar-refractivity contribution in [1.82, 2.24) is 4.90 Å². The molecule has 0 aromatic heterocycles. The van der Waals surface area contributed by atoms with Crippen LogP contribution in [-0.4, -0.2) is 23.9 Å². The second kappa shape index (κ2) is 3.19. The molecule has 1 fully saturated rings. The normalized spacial score (nSPS) is 17.5. The van der Waals surface area contributed by atoms with Gasteiger partial charge in [-0.05, 0) is 28.8 Å². The van der Waals surface area contributed by atoms with Crippen LogP contribution in [0.4, 0.5) is 0 Å². The molecule has 1 rings (SSSR count). The third-order valence-electron chi connectivity index (χ3n) is 1.63. The Bertz CT molecular complexity index is 161. The molecule has 1 aliphatic heterocycles. The Kier molecular flexibility index (Phi) is 2.49. The number of carbonyl (C=O) groups excluding carboxylic acids is 1. The number of amides is 1. The predicted octanol–water partition coefficient (Wildman–Crippen LogP) is 1.52. The highest BCUT2D eigenvalue weighted by molar-refractivity contribution is 9.12. The molecule has 0 unspecified atom stereocenters. The molecule has 0 bridgehead atoms. The standard InChI is InChI=1S/C7H10BrNO/c1-6(8)7(10)9-4-2-3-5-9/h1-5H2. The van der Waals surface area contributed by atoms with Gasteiger partial charge in [-0.1, -0.05) is 6.58 Å². The minimum absolute atomic E-state index is 0.0394. The number of carbonyl (C=O) groups is 1. The number of hydrogen-bond donors (Lipinski definition) is 0. The zero-order chi connectivity index (χ0) is 7.56. The molecular formula is C7H10BrNO. The summed E-state index contributed by atoms with van der Waals surface area (Å²) in [6, 6.07) is 0. The Labute approximate surface area is 69.0 Å². The van der Waals surface area contributed by atoms with Gasteiger partial charge in [0, 0.05) is 13.1 Å². The van der Waals surface area contributed by atoms with Crippen LogP contribution in [0.2, 0.25) is 0 Å². The van der Waals surface area contributed by atoms with E-state index in [0.29, 0.717) is 4.48 Å². The summed E-state index contributed by atoms with van der Waals surface area (Å²) in [5.41, 5.74) is 0. The summed E-state index contributed by atoms with van der Waals surface area (Å²) >= 11 is 3.06. The molecule has 0 atom stereocenters. The lowest BCUT2D eigenvalue weighted by Crippen LogP contribution is -2.27. The number of rotatable bonds is 1. The highest BCUT2D eigenvalue weighted by atomic mass is 79.9. The van der Waals surface area contributed by atoms with E-state index < -0.39 is 0 Å². The molecule has 1 amide bonds. The Hall–Kier alpha value is -0.310. The molecule has 0 aromatic carbocycles. The molecule has 0 aliphatic carbocycles. The van der Waals surface area contributed by atoms with E-state index in [4.69, 9.17) is 0 Å². The van der Waals surface area contributed by atoms with Crippen LogP contribution in [-0.2, 0) is 4.79 Å². The first-order valence-electron chi connectivity index (χ1n) is 3.35. The third-order valence-corrected chi connectivity index (χ3v) is 1.96. The highest BCUT2D eigenvalue weighted by Gasteiger charge is 2.18. The molecule has 2 nitrogen and oxygen atoms in total. The van der Waals surface area contributed by atoms with E-state index in [2.05, 4.69) is 22.5 Å². The van der Waals surface area contributed by atoms with Gasteiger partial charge in [0.05, 0.1) is 4.48 Å². The lowest BCUT2D eigenvalue weighted by Gasteiger charge is -2.13. The molecule has 0 aromatic rings. The molecule has 0 N–H and O–H groups in total. The van der Waals surface area contributed by atoms with Gasteiger partial charge in [0.25, 0.3) is 5.91 Å². The second-order valence-corrected chi connectivity index (χ2v) is 3.36. The molecule has 1 aliphatic rings. The molecule has 0 radical (unpaired) electrons. The van der Waals surface area contributed by atoms with Crippen LogP contribution in [0.1, 0.15) is 12.8 Å². The summed E-state index contributed by atoms with van der Waals surface area (Å²) in [7, 11) is 0. The smallest absolute Gasteiger partial charge is 0.260 e. The molecule has 56 valence electrons. The van der Waals surface area contributed by atoms with Crippen molar-refractivity contribution in [3.63, 3.8) is 0 Å². The van der Waals surface area contributed by atoms with Crippen molar-refractivity contribution >= 4 is 21.8 Å². The first-order chi connectivity index (χ1) is 4.72. The first kappa shape index (κ1) is 7.79. The summed E-state index contributed by atoms with van der Waals surface area (Å²) in [6.07, 6.45) is 2.26. The predicted molar refractivity (Wildman–Crippen MR) is 43.9 cm³/mol. The molecular weight excluding hydrogens is 194 g/mol. The van der Waals surface area contributed by atoms with Crippen LogP contribution in [0.15, 0.2) is 11.1 Å². The zero-order valence-electron chi connectivity index (χ0n) is 5.77. The summed E-state index contributed by atoms with van der Waals surface area (Å²) < 4.78 is 0.467. The fraction of sp³-hybridized carbons (Fsp3) is 0.571. The lowest BCUT2D eigenvalue weighted by atomic mass is 10.4. The average Bonchev–Trinajstić information content (AvgIpc) is 2.36. The van der Waals surface area contributed by atoms with E-state index >= 15 is 0 Å². The topological polar surface area (TPSA) is 20.3 Å². The van der Waals surface area contributed by atoms with E-state index in [9.17, 15) is 4.79 Å². The van der Waals surface area contributed by atoms with Crippen molar-refractivity contribution in [2.24, 2.45) is 0 Å². The summed E-state index contributed by atoms with van der Waals surface area (Å²) in [5, 5.41) is 0. The van der Waals surface area contributed by atoms with Crippen molar-refractivity contribution in [3.05, 3.63) is 11.1 Å². The fourth-order valence-corrected chi connectivity index (χ4v) is 1.34. The number of likely N-dealkylation sites (tertiary alicyclic amines) is 1. The summed E-state index contributed by atoms with van der Waals surface area (Å²) in [4.78, 5) is 12.9. The van der Waals surface area contributed by atoms with Gasteiger partial charge in [-0.3, -0.25) is 4.79 Å². The monoisotopic (exact) mass is 203 g/mol. The Balaban J connectivity index is 2.48. The second-order valence-electron chi connectivity index (χ2n) is 2.40. The summed E-state index contributed by atoms with van der Waals surface area (Å²) in [5.74, 6) is 0.0394. The van der Waals surface area contributed by atoms with E-state index in [-0.39, 0.29) is 5.91 Å². The highest BCUT2D eigenvalue weighted by Crippen LogP contribution is 2.13. The van der Waals surface area contributed by atoms with Gasteiger partial charge < -0.3 is 4.90 Å². The fourth-order valence-electron chi connectivity index (χ4n) is 1.09. The third kappa shape index (κ3) is 1.59. The van der Waals surface area contributed by atoms with Crippen molar-refractivity contribution in [1.29, 1.82) is 0 Å². The van der Waals surface area contributed by atoms with E-state index in [1.54, 1.807) is 0 Å². The summed E-state index contributed by atoms with van der Waals surface area (Å²) in [6.45, 7) is 5.31. The first-order valence-corrected chi connectivity index (χ1v) is 4.15. The van der Waals surface area contributed by atoms with Crippen LogP contribution in [0.25, 0.3) is 0 Å². The van der Waals surface area contributed by atoms with Gasteiger partial charge in [0.1, 0.15) is 0 Å². The SMILES string of the molecule is C=C(Br)C(=O)N1CCCC1. The van der Waals surface area contributed by atoms with Gasteiger partial charge in [-0.2, -0.15) is 0 Å². The van der Waals surface area contributed by atoms with Crippen LogP contribution in [0.3, 0.4) is 0 Å². The average molecular weight is 204 g/mol. The number of hydrogen-bond acceptors (Lipinski definition) is 1. The van der Waals surface area contributed by atoms with Gasteiger partial charge in [-0.15, -0.1) is 0 Å². The van der Waals surface area contributed by atoms with Crippen LogP contribution in [0.5, 0.6) is 0 Å². The minimum atomic E-state index is 0.0394. The van der Waals surface area contributed by atoms with Crippen LogP contribution >= 0.6 is 15.9 Å². The largest absolute Gasteiger partial charge is 0.338 e. The molecule has 0 spiro atoms. The molecule has 0 saturated carbocycles. The van der Waals surface area contributed by atoms with Gasteiger partial charge in [-0.25, -0.2) is 0 Å². The van der Waals surface area contributed by atoms with E-state index in [1.807, 2.05) is 4.90 Å². The Morgan fingerprint density at radius 1 is 1.40 bits per heavy atom. The maximum absolute atomic E-state index is 11.1. The maximum atomic E-state index is 11.1. The van der Waals surface area contributed by atoms with Gasteiger partial charge in [0.2, 0.25) is 0 Å². The Morgan fingerprint density at radius 2 is 1.90 bits per heavy atom.